The minimum atomic E-state index is -0.952. The molecule has 2 fully saturated rings. The second kappa shape index (κ2) is 7.43. The number of allylic oxidation sites excluding steroid dienone is 4. The lowest BCUT2D eigenvalue weighted by atomic mass is 9.47. The van der Waals surface area contributed by atoms with Gasteiger partial charge in [-0.1, -0.05) is 51.7 Å². The molecule has 2 saturated carbocycles. The summed E-state index contributed by atoms with van der Waals surface area (Å²) < 4.78 is 0. The number of fused-ring (bicyclic) bond motifs is 5. The third kappa shape index (κ3) is 3.36. The van der Waals surface area contributed by atoms with Crippen molar-refractivity contribution in [1.29, 1.82) is 0 Å². The van der Waals surface area contributed by atoms with Gasteiger partial charge in [-0.2, -0.15) is 0 Å². The molecule has 166 valence electrons. The molecule has 0 amide bonds. The van der Waals surface area contributed by atoms with Gasteiger partial charge in [0.15, 0.2) is 11.6 Å². The third-order valence-corrected chi connectivity index (χ3v) is 9.33. The zero-order chi connectivity index (χ0) is 21.9. The Balaban J connectivity index is 1.60. The Kier molecular flexibility index (Phi) is 5.45. The summed E-state index contributed by atoms with van der Waals surface area (Å²) >= 11 is 0. The van der Waals surface area contributed by atoms with Crippen LogP contribution in [0.5, 0.6) is 0 Å². The maximum Gasteiger partial charge on any atom is 0.162 e. The van der Waals surface area contributed by atoms with Gasteiger partial charge in [0.1, 0.15) is 0 Å². The Hall–Kier alpha value is -1.22. The van der Waals surface area contributed by atoms with E-state index in [1.165, 1.54) is 11.1 Å². The number of rotatable bonds is 5. The van der Waals surface area contributed by atoms with Gasteiger partial charge in [-0.05, 0) is 80.8 Å². The largest absolute Gasteiger partial charge is 0.389 e. The Bertz CT molecular complexity index is 801. The predicted molar refractivity (Wildman–Crippen MR) is 120 cm³/mol. The number of carbonyl (C=O) groups is 2. The van der Waals surface area contributed by atoms with E-state index in [0.717, 1.165) is 44.9 Å². The minimum Gasteiger partial charge on any atom is -0.389 e. The highest BCUT2D eigenvalue weighted by atomic mass is 16.3. The lowest BCUT2D eigenvalue weighted by Crippen LogP contribution is -2.52. The van der Waals surface area contributed by atoms with E-state index in [1.807, 2.05) is 19.1 Å². The van der Waals surface area contributed by atoms with Gasteiger partial charge in [-0.3, -0.25) is 9.59 Å². The van der Waals surface area contributed by atoms with Crippen LogP contribution in [0.4, 0.5) is 0 Å². The molecule has 6 atom stereocenters. The van der Waals surface area contributed by atoms with Crippen molar-refractivity contribution >= 4 is 11.6 Å². The van der Waals surface area contributed by atoms with E-state index in [9.17, 15) is 14.7 Å². The molecule has 0 aromatic heterocycles. The molecule has 4 rings (SSSR count). The summed E-state index contributed by atoms with van der Waals surface area (Å²) in [6, 6.07) is 0. The lowest BCUT2D eigenvalue weighted by Gasteiger charge is -2.57. The molecule has 0 aliphatic heterocycles. The number of hydrogen-bond donors (Lipinski definition) is 1. The standard InChI is InChI=1S/C27H40O3/c1-17(2)7-6-12-27(5,30)24-23(29)16-22-20-9-8-18-15-19(28)10-13-25(18,3)21(20)11-14-26(22,24)4/h15-17,20-21,24,30H,6-14H2,1-5H3/t20?,21?,24-,25-,26-,27?/m0/s1. The summed E-state index contributed by atoms with van der Waals surface area (Å²) in [4.78, 5) is 25.3. The zero-order valence-corrected chi connectivity index (χ0v) is 19.6. The van der Waals surface area contributed by atoms with Gasteiger partial charge >= 0.3 is 0 Å². The van der Waals surface area contributed by atoms with Gasteiger partial charge in [-0.25, -0.2) is 0 Å². The first-order valence-electron chi connectivity index (χ1n) is 12.2. The topological polar surface area (TPSA) is 54.4 Å². The van der Waals surface area contributed by atoms with Crippen molar-refractivity contribution in [3.63, 3.8) is 0 Å². The number of carbonyl (C=O) groups excluding carboxylic acids is 2. The van der Waals surface area contributed by atoms with Crippen LogP contribution in [-0.4, -0.2) is 22.3 Å². The summed E-state index contributed by atoms with van der Waals surface area (Å²) in [6.07, 6.45) is 12.3. The average Bonchev–Trinajstić information content (AvgIpc) is 2.92. The second-order valence-electron chi connectivity index (χ2n) is 11.8. The Morgan fingerprint density at radius 3 is 2.53 bits per heavy atom. The van der Waals surface area contributed by atoms with E-state index in [0.29, 0.717) is 30.6 Å². The van der Waals surface area contributed by atoms with E-state index in [4.69, 9.17) is 0 Å². The van der Waals surface area contributed by atoms with Crippen molar-refractivity contribution in [3.8, 4) is 0 Å². The van der Waals surface area contributed by atoms with Gasteiger partial charge in [-0.15, -0.1) is 0 Å². The summed E-state index contributed by atoms with van der Waals surface area (Å²) in [5.41, 5.74) is 1.59. The summed E-state index contributed by atoms with van der Waals surface area (Å²) in [5.74, 6) is 1.67. The van der Waals surface area contributed by atoms with Crippen LogP contribution >= 0.6 is 0 Å². The summed E-state index contributed by atoms with van der Waals surface area (Å²) in [5, 5.41) is 11.5. The van der Waals surface area contributed by atoms with Crippen LogP contribution in [0.1, 0.15) is 92.4 Å². The number of ketones is 2. The molecule has 30 heavy (non-hydrogen) atoms. The molecule has 0 aromatic rings. The molecule has 3 unspecified atom stereocenters. The van der Waals surface area contributed by atoms with Crippen molar-refractivity contribution in [3.05, 3.63) is 23.3 Å². The SMILES string of the molecule is CC(C)CCCC(C)(O)[C@H]1C(=O)C=C2C3CCC4=CC(=O)CC[C@]4(C)C3CC[C@@]21C. The monoisotopic (exact) mass is 412 g/mol. The molecule has 4 aliphatic rings. The zero-order valence-electron chi connectivity index (χ0n) is 19.6. The van der Waals surface area contributed by atoms with E-state index in [2.05, 4.69) is 27.7 Å². The molecule has 3 heteroatoms. The Labute approximate surface area is 182 Å². The molecular formula is C27H40O3. The van der Waals surface area contributed by atoms with E-state index < -0.39 is 5.60 Å². The molecule has 0 radical (unpaired) electrons. The molecule has 0 aromatic carbocycles. The Morgan fingerprint density at radius 2 is 1.83 bits per heavy atom. The second-order valence-corrected chi connectivity index (χ2v) is 11.8. The van der Waals surface area contributed by atoms with Crippen LogP contribution in [0.15, 0.2) is 23.3 Å². The highest BCUT2D eigenvalue weighted by Gasteiger charge is 2.60. The first kappa shape index (κ1) is 22.0. The summed E-state index contributed by atoms with van der Waals surface area (Å²) in [6.45, 7) is 10.9. The molecule has 0 bridgehead atoms. The number of hydrogen-bond acceptors (Lipinski definition) is 3. The Morgan fingerprint density at radius 1 is 1.10 bits per heavy atom. The van der Waals surface area contributed by atoms with Gasteiger partial charge < -0.3 is 5.11 Å². The first-order chi connectivity index (χ1) is 14.0. The number of aliphatic hydroxyl groups is 1. The highest BCUT2D eigenvalue weighted by Crippen LogP contribution is 2.65. The van der Waals surface area contributed by atoms with Crippen LogP contribution in [0, 0.1) is 34.5 Å². The molecular weight excluding hydrogens is 372 g/mol. The lowest BCUT2D eigenvalue weighted by molar-refractivity contribution is -0.134. The van der Waals surface area contributed by atoms with Crippen molar-refractivity contribution in [2.24, 2.45) is 34.5 Å². The predicted octanol–water partition coefficient (Wildman–Crippen LogP) is 5.81. The van der Waals surface area contributed by atoms with Crippen LogP contribution in [0.2, 0.25) is 0 Å². The highest BCUT2D eigenvalue weighted by molar-refractivity contribution is 5.97. The fourth-order valence-electron chi connectivity index (χ4n) is 7.77. The first-order valence-corrected chi connectivity index (χ1v) is 12.2. The maximum atomic E-state index is 13.3. The van der Waals surface area contributed by atoms with E-state index in [1.54, 1.807) is 0 Å². The molecule has 0 spiro atoms. The normalized spacial score (nSPS) is 40.3. The molecule has 0 heterocycles. The molecule has 3 nitrogen and oxygen atoms in total. The smallest absolute Gasteiger partial charge is 0.162 e. The summed E-state index contributed by atoms with van der Waals surface area (Å²) in [7, 11) is 0. The fraction of sp³-hybridized carbons (Fsp3) is 0.778. The van der Waals surface area contributed by atoms with Gasteiger partial charge in [0, 0.05) is 11.8 Å². The quantitative estimate of drug-likeness (QED) is 0.620. The van der Waals surface area contributed by atoms with E-state index in [-0.39, 0.29) is 28.3 Å². The molecule has 4 aliphatic carbocycles. The molecule has 1 N–H and O–H groups in total. The van der Waals surface area contributed by atoms with Gasteiger partial charge in [0.25, 0.3) is 0 Å². The van der Waals surface area contributed by atoms with Crippen LogP contribution in [-0.2, 0) is 9.59 Å². The van der Waals surface area contributed by atoms with Gasteiger partial charge in [0.2, 0.25) is 0 Å². The van der Waals surface area contributed by atoms with E-state index >= 15 is 0 Å². The van der Waals surface area contributed by atoms with Crippen molar-refractivity contribution < 1.29 is 14.7 Å². The van der Waals surface area contributed by atoms with Crippen LogP contribution < -0.4 is 0 Å². The van der Waals surface area contributed by atoms with Crippen LogP contribution in [0.25, 0.3) is 0 Å². The van der Waals surface area contributed by atoms with Crippen molar-refractivity contribution in [2.75, 3.05) is 0 Å². The van der Waals surface area contributed by atoms with Crippen molar-refractivity contribution in [1.82, 2.24) is 0 Å². The van der Waals surface area contributed by atoms with Crippen molar-refractivity contribution in [2.45, 2.75) is 98.0 Å². The third-order valence-electron chi connectivity index (χ3n) is 9.33. The fourth-order valence-corrected chi connectivity index (χ4v) is 7.77. The molecule has 0 saturated heterocycles. The van der Waals surface area contributed by atoms with Gasteiger partial charge in [0.05, 0.1) is 11.5 Å². The van der Waals surface area contributed by atoms with Crippen LogP contribution in [0.3, 0.4) is 0 Å². The average molecular weight is 413 g/mol. The minimum absolute atomic E-state index is 0.0971. The maximum absolute atomic E-state index is 13.3.